The van der Waals surface area contributed by atoms with Crippen molar-refractivity contribution in [2.75, 3.05) is 0 Å². The Morgan fingerprint density at radius 1 is 0.240 bits per heavy atom. The average Bonchev–Trinajstić information content (AvgIpc) is 3.42. The predicted molar refractivity (Wildman–Crippen MR) is 295 cm³/mol. The van der Waals surface area contributed by atoms with Crippen LogP contribution in [0.4, 0.5) is 0 Å². The number of benzene rings is 11. The van der Waals surface area contributed by atoms with Gasteiger partial charge in [0.15, 0.2) is 0 Å². The van der Waals surface area contributed by atoms with E-state index in [1.54, 1.807) is 121 Å². The van der Waals surface area contributed by atoms with Crippen LogP contribution in [-0.2, 0) is 32.1 Å². The lowest BCUT2D eigenvalue weighted by molar-refractivity contribution is 0.464. The van der Waals surface area contributed by atoms with Crippen LogP contribution in [0.2, 0.25) is 0 Å². The molecule has 0 fully saturated rings. The normalized spacial score (nSPS) is 10.9. The molecule has 0 unspecified atom stereocenters. The molecule has 10 heteroatoms. The van der Waals surface area contributed by atoms with E-state index in [2.05, 4.69) is 18.2 Å². The molecule has 10 N–H and O–H groups in total. The maximum Gasteiger partial charge on any atom is 0.127 e. The largest absolute Gasteiger partial charge is 0.508 e. The van der Waals surface area contributed by atoms with Crippen LogP contribution in [0.5, 0.6) is 57.5 Å². The van der Waals surface area contributed by atoms with Crippen molar-refractivity contribution in [3.8, 4) is 57.5 Å². The molecule has 11 rings (SSSR count). The molecule has 10 nitrogen and oxygen atoms in total. The minimum Gasteiger partial charge on any atom is -0.508 e. The Hall–Kier alpha value is -9.80. The van der Waals surface area contributed by atoms with Crippen molar-refractivity contribution in [2.45, 2.75) is 32.1 Å². The number of fused-ring (bicyclic) bond motifs is 3. The van der Waals surface area contributed by atoms with Gasteiger partial charge in [-0.1, -0.05) is 127 Å². The van der Waals surface area contributed by atoms with Crippen molar-refractivity contribution in [2.24, 2.45) is 0 Å². The number of hydrogen-bond acceptors (Lipinski definition) is 10. The maximum atomic E-state index is 10.8. The van der Waals surface area contributed by atoms with Gasteiger partial charge in [0.1, 0.15) is 57.5 Å². The van der Waals surface area contributed by atoms with Crippen molar-refractivity contribution in [1.29, 1.82) is 0 Å². The third kappa shape index (κ3) is 12.1. The highest BCUT2D eigenvalue weighted by Crippen LogP contribution is 2.40. The number of aromatic hydroxyl groups is 10. The third-order valence-electron chi connectivity index (χ3n) is 13.2. The Kier molecular flexibility index (Phi) is 14.9. The van der Waals surface area contributed by atoms with E-state index in [1.165, 1.54) is 5.56 Å². The van der Waals surface area contributed by atoms with Gasteiger partial charge in [-0.25, -0.2) is 0 Å². The highest BCUT2D eigenvalue weighted by Gasteiger charge is 2.16. The molecular formula is C65H54O10. The van der Waals surface area contributed by atoms with Crippen LogP contribution in [0.15, 0.2) is 206 Å². The number of hydrogen-bond donors (Lipinski definition) is 10. The van der Waals surface area contributed by atoms with Crippen LogP contribution in [-0.4, -0.2) is 51.1 Å². The number of rotatable bonds is 10. The molecule has 0 saturated heterocycles. The summed E-state index contributed by atoms with van der Waals surface area (Å²) >= 11 is 0. The quantitative estimate of drug-likeness (QED) is 0.0588. The molecule has 0 aliphatic rings. The molecule has 0 radical (unpaired) electrons. The molecule has 0 atom stereocenters. The fourth-order valence-electron chi connectivity index (χ4n) is 9.29. The Morgan fingerprint density at radius 3 is 1.15 bits per heavy atom. The number of phenols is 10. The molecule has 0 spiro atoms. The van der Waals surface area contributed by atoms with Crippen molar-refractivity contribution in [3.05, 3.63) is 262 Å². The summed E-state index contributed by atoms with van der Waals surface area (Å²) in [5.74, 6) is 2.00. The average molecular weight is 995 g/mol. The highest BCUT2D eigenvalue weighted by molar-refractivity contribution is 5.97. The Balaban J connectivity index is 0.000000140. The second kappa shape index (κ2) is 22.3. The second-order valence-corrected chi connectivity index (χ2v) is 18.5. The first-order chi connectivity index (χ1) is 36.2. The van der Waals surface area contributed by atoms with Crippen LogP contribution in [0.1, 0.15) is 55.6 Å². The van der Waals surface area contributed by atoms with Gasteiger partial charge in [-0.05, 0) is 141 Å². The Labute approximate surface area is 433 Å². The summed E-state index contributed by atoms with van der Waals surface area (Å²) in [6.45, 7) is 0. The fraction of sp³-hybridized carbons (Fsp3) is 0.0769. The van der Waals surface area contributed by atoms with E-state index in [9.17, 15) is 51.1 Å². The summed E-state index contributed by atoms with van der Waals surface area (Å²) in [5, 5.41) is 104. The van der Waals surface area contributed by atoms with E-state index in [0.717, 1.165) is 56.1 Å². The zero-order valence-corrected chi connectivity index (χ0v) is 40.6. The molecule has 0 bridgehead atoms. The first-order valence-corrected chi connectivity index (χ1v) is 24.3. The zero-order chi connectivity index (χ0) is 52.6. The summed E-state index contributed by atoms with van der Waals surface area (Å²) in [6.07, 6.45) is 2.88. The minimum absolute atomic E-state index is 0.121. The molecule has 75 heavy (non-hydrogen) atoms. The maximum absolute atomic E-state index is 10.8. The molecule has 0 aromatic heterocycles. The van der Waals surface area contributed by atoms with E-state index < -0.39 is 0 Å². The molecule has 0 amide bonds. The summed E-state index contributed by atoms with van der Waals surface area (Å²) < 4.78 is 0. The molecule has 0 aliphatic heterocycles. The number of phenolic OH excluding ortho intramolecular Hbond substituents is 10. The van der Waals surface area contributed by atoms with Crippen LogP contribution in [0, 0.1) is 0 Å². The first kappa shape index (κ1) is 50.2. The predicted octanol–water partition coefficient (Wildman–Crippen LogP) is 13.5. The lowest BCUT2D eigenvalue weighted by atomic mass is 9.93. The fourth-order valence-corrected chi connectivity index (χ4v) is 9.29. The SMILES string of the molecule is Oc1ccc(Cc2cc(O)c3c(Cc4ccc(O)cc4)cccc3c2O)cc1.Oc1ccc(Cc2cc(O)c3ccccc3c2O)cc1.Oc1ccc(Cc2ccc3c(Cc4ccc(O)cc4)c(O)ccc3c2)cc1. The first-order valence-electron chi connectivity index (χ1n) is 24.3. The Morgan fingerprint density at radius 2 is 0.640 bits per heavy atom. The molecule has 0 aliphatic carbocycles. The van der Waals surface area contributed by atoms with Crippen molar-refractivity contribution >= 4 is 32.3 Å². The lowest BCUT2D eigenvalue weighted by Gasteiger charge is -2.14. The van der Waals surface area contributed by atoms with Gasteiger partial charge in [-0.3, -0.25) is 0 Å². The van der Waals surface area contributed by atoms with Crippen LogP contribution in [0.25, 0.3) is 32.3 Å². The van der Waals surface area contributed by atoms with Gasteiger partial charge in [-0.15, -0.1) is 0 Å². The van der Waals surface area contributed by atoms with Gasteiger partial charge in [0.25, 0.3) is 0 Å². The smallest absolute Gasteiger partial charge is 0.127 e. The van der Waals surface area contributed by atoms with Crippen molar-refractivity contribution in [1.82, 2.24) is 0 Å². The topological polar surface area (TPSA) is 202 Å². The molecule has 374 valence electrons. The van der Waals surface area contributed by atoms with E-state index in [0.29, 0.717) is 58.4 Å². The summed E-state index contributed by atoms with van der Waals surface area (Å²) in [6, 6.07) is 60.7. The van der Waals surface area contributed by atoms with Gasteiger partial charge in [-0.2, -0.15) is 0 Å². The molecular weight excluding hydrogens is 941 g/mol. The standard InChI is InChI=1S/C24H20O4.C24H20O3.C17H14O3/c25-19-8-4-15(5-9-19)12-17-2-1-3-21-23(17)22(27)14-18(24(21)28)13-16-6-10-20(26)11-7-16;25-20-7-1-16(2-8-20)13-18-5-11-22-19(14-18)6-12-24(27)23(22)15-17-3-9-21(26)10-4-17;18-13-7-5-11(6-8-13)9-12-10-16(19)14-3-1-2-4-15(14)17(12)20/h1-11,14,25-28H,12-13H2;1-12,14,25-27H,13,15H2;1-8,10,18-20H,9H2. The van der Waals surface area contributed by atoms with Gasteiger partial charge in [0.05, 0.1) is 0 Å². The molecule has 0 heterocycles. The summed E-state index contributed by atoms with van der Waals surface area (Å²) in [7, 11) is 0. The van der Waals surface area contributed by atoms with E-state index in [-0.39, 0.29) is 57.5 Å². The van der Waals surface area contributed by atoms with E-state index >= 15 is 0 Å². The van der Waals surface area contributed by atoms with E-state index in [4.69, 9.17) is 0 Å². The van der Waals surface area contributed by atoms with Gasteiger partial charge in [0, 0.05) is 57.5 Å². The lowest BCUT2D eigenvalue weighted by Crippen LogP contribution is -1.94. The zero-order valence-electron chi connectivity index (χ0n) is 40.6. The Bertz CT molecular complexity index is 3760. The second-order valence-electron chi connectivity index (χ2n) is 18.5. The van der Waals surface area contributed by atoms with Gasteiger partial charge >= 0.3 is 0 Å². The monoisotopic (exact) mass is 994 g/mol. The van der Waals surface area contributed by atoms with E-state index in [1.807, 2.05) is 66.7 Å². The van der Waals surface area contributed by atoms with Gasteiger partial charge < -0.3 is 51.1 Å². The van der Waals surface area contributed by atoms with Crippen molar-refractivity contribution in [3.63, 3.8) is 0 Å². The highest BCUT2D eigenvalue weighted by atomic mass is 16.3. The van der Waals surface area contributed by atoms with Crippen molar-refractivity contribution < 1.29 is 51.1 Å². The summed E-state index contributed by atoms with van der Waals surface area (Å²) in [4.78, 5) is 0. The molecule has 11 aromatic rings. The molecule has 0 saturated carbocycles. The van der Waals surface area contributed by atoms with Gasteiger partial charge in [0.2, 0.25) is 0 Å². The summed E-state index contributed by atoms with van der Waals surface area (Å²) in [5.41, 5.74) is 9.27. The third-order valence-corrected chi connectivity index (χ3v) is 13.2. The van der Waals surface area contributed by atoms with Crippen LogP contribution < -0.4 is 0 Å². The van der Waals surface area contributed by atoms with Crippen LogP contribution >= 0.6 is 0 Å². The van der Waals surface area contributed by atoms with Crippen LogP contribution in [0.3, 0.4) is 0 Å². The minimum atomic E-state index is 0.121. The molecule has 11 aromatic carbocycles.